The van der Waals surface area contributed by atoms with Crippen LogP contribution < -0.4 is 25.4 Å². The number of methoxy groups -OCH3 is 2. The first-order chi connectivity index (χ1) is 12.0. The van der Waals surface area contributed by atoms with Gasteiger partial charge in [0.1, 0.15) is 11.5 Å². The molecule has 0 fully saturated rings. The molecule has 0 heterocycles. The molecule has 25 heavy (non-hydrogen) atoms. The van der Waals surface area contributed by atoms with Crippen LogP contribution in [0.3, 0.4) is 0 Å². The van der Waals surface area contributed by atoms with Crippen LogP contribution >= 0.6 is 0 Å². The van der Waals surface area contributed by atoms with Crippen molar-refractivity contribution in [3.63, 3.8) is 0 Å². The lowest BCUT2D eigenvalue weighted by atomic mass is 10.1. The number of ether oxygens (including phenoxy) is 2. The number of hydrogen-bond donors (Lipinski definition) is 3. The number of amides is 3. The van der Waals surface area contributed by atoms with Crippen LogP contribution in [-0.4, -0.2) is 45.8 Å². The second-order valence-corrected chi connectivity index (χ2v) is 6.07. The predicted molar refractivity (Wildman–Crippen MR) is 97.1 cm³/mol. The van der Waals surface area contributed by atoms with Gasteiger partial charge in [0.05, 0.1) is 20.8 Å². The van der Waals surface area contributed by atoms with Gasteiger partial charge >= 0.3 is 6.03 Å². The number of carbonyl (C=O) groups excluding carboxylic acids is 2. The summed E-state index contributed by atoms with van der Waals surface area (Å²) in [4.78, 5) is 23.3. The molecule has 1 aromatic carbocycles. The Balaban J connectivity index is 2.29. The second kappa shape index (κ2) is 11.2. The third kappa shape index (κ3) is 8.28. The molecule has 7 heteroatoms. The summed E-state index contributed by atoms with van der Waals surface area (Å²) in [5, 5.41) is 8.03. The van der Waals surface area contributed by atoms with Gasteiger partial charge in [-0.15, -0.1) is 0 Å². The van der Waals surface area contributed by atoms with Crippen molar-refractivity contribution in [3.8, 4) is 11.5 Å². The molecule has 0 aliphatic carbocycles. The molecule has 0 aliphatic heterocycles. The first-order valence-corrected chi connectivity index (χ1v) is 8.45. The fraction of sp³-hybridized carbons (Fsp3) is 0.556. The van der Waals surface area contributed by atoms with Gasteiger partial charge in [0.15, 0.2) is 0 Å². The van der Waals surface area contributed by atoms with E-state index in [1.807, 2.05) is 18.2 Å². The zero-order valence-corrected chi connectivity index (χ0v) is 15.5. The molecule has 0 atom stereocenters. The summed E-state index contributed by atoms with van der Waals surface area (Å²) < 4.78 is 10.5. The van der Waals surface area contributed by atoms with E-state index in [0.29, 0.717) is 25.4 Å². The molecule has 0 unspecified atom stereocenters. The van der Waals surface area contributed by atoms with Crippen LogP contribution in [0.25, 0.3) is 0 Å². The van der Waals surface area contributed by atoms with Gasteiger partial charge in [-0.2, -0.15) is 0 Å². The predicted octanol–water partition coefficient (Wildman–Crippen LogP) is 1.71. The van der Waals surface area contributed by atoms with E-state index in [-0.39, 0.29) is 18.5 Å². The highest BCUT2D eigenvalue weighted by atomic mass is 16.5. The van der Waals surface area contributed by atoms with E-state index in [0.717, 1.165) is 23.5 Å². The molecule has 0 aliphatic rings. The van der Waals surface area contributed by atoms with Crippen LogP contribution in [0, 0.1) is 5.92 Å². The molecular formula is C18H29N3O4. The van der Waals surface area contributed by atoms with Crippen molar-refractivity contribution in [2.45, 2.75) is 26.7 Å². The smallest absolute Gasteiger partial charge is 0.315 e. The van der Waals surface area contributed by atoms with Gasteiger partial charge in [0, 0.05) is 13.1 Å². The van der Waals surface area contributed by atoms with Crippen LogP contribution in [0.4, 0.5) is 4.79 Å². The fourth-order valence-electron chi connectivity index (χ4n) is 2.17. The van der Waals surface area contributed by atoms with E-state index >= 15 is 0 Å². The molecule has 0 saturated carbocycles. The van der Waals surface area contributed by atoms with Crippen molar-refractivity contribution in [1.29, 1.82) is 0 Å². The Kier molecular flexibility index (Phi) is 9.21. The number of nitrogens with one attached hydrogen (secondary N) is 3. The van der Waals surface area contributed by atoms with E-state index < -0.39 is 0 Å². The molecule has 1 aromatic rings. The highest BCUT2D eigenvalue weighted by Gasteiger charge is 2.08. The standard InChI is InChI=1S/C18H29N3O4/c1-13(2)7-9-20-18(23)21-12-17(22)19-10-8-14-11-15(24-3)5-6-16(14)25-4/h5-6,11,13H,7-10,12H2,1-4H3,(H,19,22)(H2,20,21,23). The van der Waals surface area contributed by atoms with Crippen LogP contribution in [0.1, 0.15) is 25.8 Å². The van der Waals surface area contributed by atoms with E-state index in [4.69, 9.17) is 9.47 Å². The van der Waals surface area contributed by atoms with Crippen molar-refractivity contribution >= 4 is 11.9 Å². The maximum absolute atomic E-state index is 11.8. The molecule has 0 saturated heterocycles. The Hall–Kier alpha value is -2.44. The van der Waals surface area contributed by atoms with Gasteiger partial charge in [-0.3, -0.25) is 4.79 Å². The van der Waals surface area contributed by atoms with Gasteiger partial charge in [-0.25, -0.2) is 4.79 Å². The highest BCUT2D eigenvalue weighted by Crippen LogP contribution is 2.23. The average molecular weight is 351 g/mol. The molecule has 0 aromatic heterocycles. The van der Waals surface area contributed by atoms with Crippen molar-refractivity contribution < 1.29 is 19.1 Å². The number of urea groups is 1. The number of rotatable bonds is 10. The van der Waals surface area contributed by atoms with Gasteiger partial charge in [-0.1, -0.05) is 13.8 Å². The summed E-state index contributed by atoms with van der Waals surface area (Å²) in [5.74, 6) is 1.78. The minimum atomic E-state index is -0.328. The lowest BCUT2D eigenvalue weighted by molar-refractivity contribution is -0.120. The summed E-state index contributed by atoms with van der Waals surface area (Å²) in [5.41, 5.74) is 0.946. The second-order valence-electron chi connectivity index (χ2n) is 6.07. The molecule has 7 nitrogen and oxygen atoms in total. The number of hydrogen-bond acceptors (Lipinski definition) is 4. The van der Waals surface area contributed by atoms with E-state index in [1.54, 1.807) is 14.2 Å². The van der Waals surface area contributed by atoms with Crippen LogP contribution in [0.2, 0.25) is 0 Å². The monoisotopic (exact) mass is 351 g/mol. The normalized spacial score (nSPS) is 10.3. The summed E-state index contributed by atoms with van der Waals surface area (Å²) in [6.45, 7) is 5.16. The lowest BCUT2D eigenvalue weighted by Gasteiger charge is -2.12. The van der Waals surface area contributed by atoms with Gasteiger partial charge < -0.3 is 25.4 Å². The Morgan fingerprint density at radius 3 is 2.44 bits per heavy atom. The van der Waals surface area contributed by atoms with Crippen molar-refractivity contribution in [2.75, 3.05) is 33.9 Å². The van der Waals surface area contributed by atoms with Crippen LogP contribution in [0.5, 0.6) is 11.5 Å². The zero-order chi connectivity index (χ0) is 18.7. The van der Waals surface area contributed by atoms with E-state index in [1.165, 1.54) is 0 Å². The third-order valence-electron chi connectivity index (χ3n) is 3.62. The minimum Gasteiger partial charge on any atom is -0.497 e. The molecule has 1 rings (SSSR count). The molecule has 0 spiro atoms. The highest BCUT2D eigenvalue weighted by molar-refractivity contribution is 5.83. The van der Waals surface area contributed by atoms with E-state index in [2.05, 4.69) is 29.8 Å². The Morgan fingerprint density at radius 1 is 1.04 bits per heavy atom. The molecule has 140 valence electrons. The third-order valence-corrected chi connectivity index (χ3v) is 3.62. The molecule has 3 amide bonds. The fourth-order valence-corrected chi connectivity index (χ4v) is 2.17. The minimum absolute atomic E-state index is 0.0528. The summed E-state index contributed by atoms with van der Waals surface area (Å²) in [6.07, 6.45) is 1.51. The lowest BCUT2D eigenvalue weighted by Crippen LogP contribution is -2.42. The Labute approximate surface area is 149 Å². The van der Waals surface area contributed by atoms with Crippen molar-refractivity contribution in [2.24, 2.45) is 5.92 Å². The molecule has 0 radical (unpaired) electrons. The Bertz CT molecular complexity index is 561. The zero-order valence-electron chi connectivity index (χ0n) is 15.5. The molecular weight excluding hydrogens is 322 g/mol. The maximum atomic E-state index is 11.8. The number of benzene rings is 1. The Morgan fingerprint density at radius 2 is 1.80 bits per heavy atom. The SMILES string of the molecule is COc1ccc(OC)c(CCNC(=O)CNC(=O)NCCC(C)C)c1. The van der Waals surface area contributed by atoms with Crippen LogP contribution in [0.15, 0.2) is 18.2 Å². The first kappa shape index (κ1) is 20.6. The summed E-state index contributed by atoms with van der Waals surface area (Å²) in [6, 6.07) is 5.21. The molecule has 0 bridgehead atoms. The average Bonchev–Trinajstić information content (AvgIpc) is 2.59. The van der Waals surface area contributed by atoms with Gasteiger partial charge in [0.25, 0.3) is 0 Å². The van der Waals surface area contributed by atoms with Crippen molar-refractivity contribution in [1.82, 2.24) is 16.0 Å². The van der Waals surface area contributed by atoms with E-state index in [9.17, 15) is 9.59 Å². The molecule has 3 N–H and O–H groups in total. The number of carbonyl (C=O) groups is 2. The van der Waals surface area contributed by atoms with Gasteiger partial charge in [-0.05, 0) is 42.5 Å². The summed E-state index contributed by atoms with van der Waals surface area (Å²) in [7, 11) is 3.21. The summed E-state index contributed by atoms with van der Waals surface area (Å²) >= 11 is 0. The van der Waals surface area contributed by atoms with Gasteiger partial charge in [0.2, 0.25) is 5.91 Å². The largest absolute Gasteiger partial charge is 0.497 e. The van der Waals surface area contributed by atoms with Crippen LogP contribution in [-0.2, 0) is 11.2 Å². The quantitative estimate of drug-likeness (QED) is 0.599. The van der Waals surface area contributed by atoms with Crippen molar-refractivity contribution in [3.05, 3.63) is 23.8 Å². The maximum Gasteiger partial charge on any atom is 0.315 e. The first-order valence-electron chi connectivity index (χ1n) is 8.45. The topological polar surface area (TPSA) is 88.7 Å².